The van der Waals surface area contributed by atoms with Crippen molar-refractivity contribution < 1.29 is 4.79 Å². The molecule has 0 aliphatic carbocycles. The van der Waals surface area contributed by atoms with Gasteiger partial charge in [0.2, 0.25) is 0 Å². The summed E-state index contributed by atoms with van der Waals surface area (Å²) in [7, 11) is 0. The predicted octanol–water partition coefficient (Wildman–Crippen LogP) is 3.70. The lowest BCUT2D eigenvalue weighted by Gasteiger charge is -2.08. The van der Waals surface area contributed by atoms with Crippen molar-refractivity contribution in [2.75, 3.05) is 5.32 Å². The summed E-state index contributed by atoms with van der Waals surface area (Å²) in [6.45, 7) is 1.78. The van der Waals surface area contributed by atoms with Crippen LogP contribution in [0.25, 0.3) is 11.3 Å². The largest absolute Gasteiger partial charge is 0.322 e. The molecule has 22 heavy (non-hydrogen) atoms. The fourth-order valence-electron chi connectivity index (χ4n) is 2.15. The van der Waals surface area contributed by atoms with Crippen LogP contribution in [0.5, 0.6) is 0 Å². The standard InChI is InChI=1S/C18H15N3O/c1-13-16(18(22)19-15-10-6-3-7-11-15)12-17(21-20-13)14-8-4-2-5-9-14/h2-12H,1H3,(H,19,22). The highest BCUT2D eigenvalue weighted by Crippen LogP contribution is 2.19. The minimum Gasteiger partial charge on any atom is -0.322 e. The molecule has 1 heterocycles. The predicted molar refractivity (Wildman–Crippen MR) is 86.6 cm³/mol. The summed E-state index contributed by atoms with van der Waals surface area (Å²) >= 11 is 0. The number of anilines is 1. The van der Waals surface area contributed by atoms with Crippen LogP contribution in [0.4, 0.5) is 5.69 Å². The van der Waals surface area contributed by atoms with Gasteiger partial charge in [0.15, 0.2) is 0 Å². The molecule has 1 amide bonds. The molecule has 1 aromatic heterocycles. The molecule has 0 atom stereocenters. The first kappa shape index (κ1) is 13.9. The minimum atomic E-state index is -0.184. The second-order valence-corrected chi connectivity index (χ2v) is 4.91. The maximum Gasteiger partial charge on any atom is 0.257 e. The van der Waals surface area contributed by atoms with Gasteiger partial charge in [-0.2, -0.15) is 10.2 Å². The Morgan fingerprint density at radius 2 is 1.55 bits per heavy atom. The number of carbonyl (C=O) groups excluding carboxylic acids is 1. The van der Waals surface area contributed by atoms with Crippen molar-refractivity contribution in [3.63, 3.8) is 0 Å². The van der Waals surface area contributed by atoms with E-state index in [9.17, 15) is 4.79 Å². The van der Waals surface area contributed by atoms with Gasteiger partial charge in [-0.05, 0) is 25.1 Å². The second kappa shape index (κ2) is 6.18. The third kappa shape index (κ3) is 3.01. The minimum absolute atomic E-state index is 0.184. The molecule has 1 N–H and O–H groups in total. The van der Waals surface area contributed by atoms with Crippen LogP contribution in [0, 0.1) is 6.92 Å². The maximum absolute atomic E-state index is 12.4. The van der Waals surface area contributed by atoms with E-state index in [4.69, 9.17) is 0 Å². The van der Waals surface area contributed by atoms with Gasteiger partial charge >= 0.3 is 0 Å². The molecular weight excluding hydrogens is 274 g/mol. The highest BCUT2D eigenvalue weighted by atomic mass is 16.1. The molecule has 3 aromatic rings. The Kier molecular flexibility index (Phi) is 3.92. The number of aryl methyl sites for hydroxylation is 1. The van der Waals surface area contributed by atoms with Gasteiger partial charge in [0.05, 0.1) is 17.0 Å². The molecule has 3 rings (SSSR count). The number of nitrogens with one attached hydrogen (secondary N) is 1. The summed E-state index contributed by atoms with van der Waals surface area (Å²) < 4.78 is 0. The fourth-order valence-corrected chi connectivity index (χ4v) is 2.15. The first-order valence-corrected chi connectivity index (χ1v) is 7.00. The van der Waals surface area contributed by atoms with Gasteiger partial charge in [0, 0.05) is 11.3 Å². The van der Waals surface area contributed by atoms with Crippen LogP contribution in [0.2, 0.25) is 0 Å². The number of amides is 1. The van der Waals surface area contributed by atoms with E-state index in [-0.39, 0.29) is 5.91 Å². The van der Waals surface area contributed by atoms with Crippen LogP contribution in [0.15, 0.2) is 66.7 Å². The molecule has 108 valence electrons. The Labute approximate surface area is 128 Å². The summed E-state index contributed by atoms with van der Waals surface area (Å²) in [5, 5.41) is 11.1. The molecule has 0 aliphatic rings. The van der Waals surface area contributed by atoms with Gasteiger partial charge in [0.25, 0.3) is 5.91 Å². The normalized spacial score (nSPS) is 10.2. The number of benzene rings is 2. The fraction of sp³-hybridized carbons (Fsp3) is 0.0556. The SMILES string of the molecule is Cc1nnc(-c2ccccc2)cc1C(=O)Nc1ccccc1. The zero-order valence-corrected chi connectivity index (χ0v) is 12.2. The third-order valence-electron chi connectivity index (χ3n) is 3.32. The van der Waals surface area contributed by atoms with Crippen molar-refractivity contribution in [1.82, 2.24) is 10.2 Å². The average Bonchev–Trinajstić information content (AvgIpc) is 2.57. The molecule has 0 bridgehead atoms. The summed E-state index contributed by atoms with van der Waals surface area (Å²) in [4.78, 5) is 12.4. The lowest BCUT2D eigenvalue weighted by molar-refractivity contribution is 0.102. The van der Waals surface area contributed by atoms with Gasteiger partial charge in [-0.25, -0.2) is 0 Å². The number of aromatic nitrogens is 2. The van der Waals surface area contributed by atoms with Crippen molar-refractivity contribution in [2.24, 2.45) is 0 Å². The monoisotopic (exact) mass is 289 g/mol. The van der Waals surface area contributed by atoms with Crippen LogP contribution < -0.4 is 5.32 Å². The van der Waals surface area contributed by atoms with E-state index in [1.54, 1.807) is 13.0 Å². The number of rotatable bonds is 3. The third-order valence-corrected chi connectivity index (χ3v) is 3.32. The van der Waals surface area contributed by atoms with Crippen LogP contribution in [0.1, 0.15) is 16.1 Å². The highest BCUT2D eigenvalue weighted by molar-refractivity contribution is 6.05. The van der Waals surface area contributed by atoms with Crippen molar-refractivity contribution in [1.29, 1.82) is 0 Å². The molecule has 0 fully saturated rings. The first-order valence-electron chi connectivity index (χ1n) is 7.00. The molecule has 4 nitrogen and oxygen atoms in total. The van der Waals surface area contributed by atoms with Gasteiger partial charge in [-0.15, -0.1) is 0 Å². The molecule has 0 radical (unpaired) electrons. The molecule has 2 aromatic carbocycles. The maximum atomic E-state index is 12.4. The summed E-state index contributed by atoms with van der Waals surface area (Å²) in [5.74, 6) is -0.184. The van der Waals surface area contributed by atoms with E-state index in [1.165, 1.54) is 0 Å². The zero-order valence-electron chi connectivity index (χ0n) is 12.2. The van der Waals surface area contributed by atoms with Gasteiger partial charge in [-0.3, -0.25) is 4.79 Å². The quantitative estimate of drug-likeness (QED) is 0.799. The number of nitrogens with zero attached hydrogens (tertiary/aromatic N) is 2. The highest BCUT2D eigenvalue weighted by Gasteiger charge is 2.13. The van der Waals surface area contributed by atoms with Crippen LogP contribution in [0.3, 0.4) is 0 Å². The van der Waals surface area contributed by atoms with E-state index >= 15 is 0 Å². The number of hydrogen-bond donors (Lipinski definition) is 1. The van der Waals surface area contributed by atoms with Gasteiger partial charge in [-0.1, -0.05) is 48.5 Å². The van der Waals surface area contributed by atoms with Crippen LogP contribution in [-0.4, -0.2) is 16.1 Å². The molecule has 0 unspecified atom stereocenters. The van der Waals surface area contributed by atoms with Crippen LogP contribution >= 0.6 is 0 Å². The molecule has 0 saturated carbocycles. The van der Waals surface area contributed by atoms with E-state index in [0.717, 1.165) is 11.3 Å². The molecule has 0 aliphatic heterocycles. The summed E-state index contributed by atoms with van der Waals surface area (Å²) in [6, 6.07) is 20.8. The first-order chi connectivity index (χ1) is 10.7. The zero-order chi connectivity index (χ0) is 15.4. The second-order valence-electron chi connectivity index (χ2n) is 4.91. The summed E-state index contributed by atoms with van der Waals surface area (Å²) in [5.41, 5.74) is 3.50. The van der Waals surface area contributed by atoms with Gasteiger partial charge < -0.3 is 5.32 Å². The van der Waals surface area contributed by atoms with E-state index in [2.05, 4.69) is 15.5 Å². The Morgan fingerprint density at radius 1 is 0.909 bits per heavy atom. The van der Waals surface area contributed by atoms with Crippen molar-refractivity contribution in [3.05, 3.63) is 78.0 Å². The number of carbonyl (C=O) groups is 1. The smallest absolute Gasteiger partial charge is 0.257 e. The van der Waals surface area contributed by atoms with E-state index in [0.29, 0.717) is 17.0 Å². The van der Waals surface area contributed by atoms with Crippen molar-refractivity contribution in [2.45, 2.75) is 6.92 Å². The van der Waals surface area contributed by atoms with Gasteiger partial charge in [0.1, 0.15) is 0 Å². The number of para-hydroxylation sites is 1. The Bertz CT molecular complexity index is 786. The molecular formula is C18H15N3O. The molecule has 0 saturated heterocycles. The van der Waals surface area contributed by atoms with E-state index < -0.39 is 0 Å². The molecule has 4 heteroatoms. The lowest BCUT2D eigenvalue weighted by atomic mass is 10.1. The Morgan fingerprint density at radius 3 is 2.23 bits per heavy atom. The van der Waals surface area contributed by atoms with E-state index in [1.807, 2.05) is 60.7 Å². The summed E-state index contributed by atoms with van der Waals surface area (Å²) in [6.07, 6.45) is 0. The molecule has 0 spiro atoms. The van der Waals surface area contributed by atoms with Crippen molar-refractivity contribution >= 4 is 11.6 Å². The van der Waals surface area contributed by atoms with Crippen LogP contribution in [-0.2, 0) is 0 Å². The average molecular weight is 289 g/mol. The lowest BCUT2D eigenvalue weighted by Crippen LogP contribution is -2.14. The Balaban J connectivity index is 1.91. The topological polar surface area (TPSA) is 54.9 Å². The Hall–Kier alpha value is -3.01. The number of hydrogen-bond acceptors (Lipinski definition) is 3. The van der Waals surface area contributed by atoms with Crippen molar-refractivity contribution in [3.8, 4) is 11.3 Å².